The number of hydrogen-bond acceptors (Lipinski definition) is 4. The summed E-state index contributed by atoms with van der Waals surface area (Å²) in [5.41, 5.74) is 6.72. The molecule has 1 aliphatic rings. The van der Waals surface area contributed by atoms with Gasteiger partial charge in [-0.15, -0.1) is 0 Å². The van der Waals surface area contributed by atoms with E-state index in [-0.39, 0.29) is 0 Å². The number of nitrogens with two attached hydrogens (primary N) is 1. The number of nitrogens with one attached hydrogen (secondary N) is 1. The Kier molecular flexibility index (Phi) is 3.12. The van der Waals surface area contributed by atoms with Crippen LogP contribution in [0.15, 0.2) is 18.5 Å². The molecular weight excluding hydrogens is 292 g/mol. The Hall–Kier alpha value is -2.09. The number of pyridine rings is 1. The summed E-state index contributed by atoms with van der Waals surface area (Å²) >= 11 is 0. The predicted octanol–water partition coefficient (Wildman–Crippen LogP) is 0.917. The summed E-state index contributed by atoms with van der Waals surface area (Å²) in [5, 5.41) is 0.566. The van der Waals surface area contributed by atoms with Crippen molar-refractivity contribution in [3.63, 3.8) is 0 Å². The Balaban J connectivity index is 2.09. The highest BCUT2D eigenvalue weighted by Gasteiger charge is 2.24. The highest BCUT2D eigenvalue weighted by Crippen LogP contribution is 2.33. The molecule has 1 amide bonds. The second-order valence-corrected chi connectivity index (χ2v) is 7.22. The monoisotopic (exact) mass is 308 g/mol. The lowest BCUT2D eigenvalue weighted by Gasteiger charge is -2.05. The number of primary amides is 1. The first kappa shape index (κ1) is 13.9. The molecule has 3 rings (SSSR count). The topological polar surface area (TPSA) is 107 Å². The van der Waals surface area contributed by atoms with Gasteiger partial charge in [-0.3, -0.25) is 9.52 Å². The van der Waals surface area contributed by atoms with Gasteiger partial charge in [-0.2, -0.15) is 0 Å². The van der Waals surface area contributed by atoms with Crippen molar-refractivity contribution < 1.29 is 13.2 Å². The maximum absolute atomic E-state index is 11.6. The van der Waals surface area contributed by atoms with Gasteiger partial charge in [0.25, 0.3) is 5.91 Å². The van der Waals surface area contributed by atoms with E-state index >= 15 is 0 Å². The minimum absolute atomic E-state index is 0.316. The summed E-state index contributed by atoms with van der Waals surface area (Å²) in [6, 6.07) is 1.59. The summed E-state index contributed by atoms with van der Waals surface area (Å²) in [4.78, 5) is 15.8. The Morgan fingerprint density at radius 3 is 2.81 bits per heavy atom. The highest BCUT2D eigenvalue weighted by molar-refractivity contribution is 7.92. The molecule has 112 valence electrons. The second-order valence-electron chi connectivity index (χ2n) is 5.47. The molecule has 0 unspecified atom stereocenters. The Morgan fingerprint density at radius 2 is 2.24 bits per heavy atom. The van der Waals surface area contributed by atoms with E-state index in [4.69, 9.17) is 5.73 Å². The van der Waals surface area contributed by atoms with Gasteiger partial charge in [-0.25, -0.2) is 13.4 Å². The van der Waals surface area contributed by atoms with E-state index in [2.05, 4.69) is 9.71 Å². The van der Waals surface area contributed by atoms with Crippen LogP contribution in [0.25, 0.3) is 11.0 Å². The summed E-state index contributed by atoms with van der Waals surface area (Å²) in [7, 11) is -3.39. The third-order valence-corrected chi connectivity index (χ3v) is 4.04. The first-order valence-corrected chi connectivity index (χ1v) is 8.49. The Bertz CT molecular complexity index is 821. The van der Waals surface area contributed by atoms with Gasteiger partial charge < -0.3 is 10.3 Å². The van der Waals surface area contributed by atoms with Crippen LogP contribution in [0.5, 0.6) is 0 Å². The maximum atomic E-state index is 11.6. The first-order chi connectivity index (χ1) is 9.83. The van der Waals surface area contributed by atoms with Gasteiger partial charge in [-0.1, -0.05) is 0 Å². The van der Waals surface area contributed by atoms with E-state index in [1.807, 2.05) is 4.57 Å². The molecule has 0 aromatic carbocycles. The van der Waals surface area contributed by atoms with E-state index < -0.39 is 15.9 Å². The van der Waals surface area contributed by atoms with Crippen LogP contribution in [0, 0.1) is 5.92 Å². The van der Waals surface area contributed by atoms with Crippen molar-refractivity contribution >= 4 is 32.7 Å². The van der Waals surface area contributed by atoms with Crippen molar-refractivity contribution in [1.82, 2.24) is 9.55 Å². The molecule has 0 aliphatic heterocycles. The summed E-state index contributed by atoms with van der Waals surface area (Å²) in [5.74, 6) is 0.0739. The highest BCUT2D eigenvalue weighted by atomic mass is 32.2. The molecule has 3 N–H and O–H groups in total. The number of aromatic nitrogens is 2. The minimum Gasteiger partial charge on any atom is -0.366 e. The third-order valence-electron chi connectivity index (χ3n) is 3.43. The SMILES string of the molecule is CS(=O)(=O)Nc1cnc2c(c1)c(C(N)=O)cn2CC1CC1. The van der Waals surface area contributed by atoms with Gasteiger partial charge in [0.2, 0.25) is 10.0 Å². The second kappa shape index (κ2) is 4.73. The predicted molar refractivity (Wildman–Crippen MR) is 79.4 cm³/mol. The fourth-order valence-electron chi connectivity index (χ4n) is 2.36. The quantitative estimate of drug-likeness (QED) is 0.856. The minimum atomic E-state index is -3.39. The fourth-order valence-corrected chi connectivity index (χ4v) is 2.89. The number of hydrogen-bond donors (Lipinski definition) is 2. The molecule has 0 atom stereocenters. The molecule has 2 heterocycles. The zero-order chi connectivity index (χ0) is 15.2. The Labute approximate surface area is 122 Å². The molecule has 1 aliphatic carbocycles. The van der Waals surface area contributed by atoms with E-state index in [0.29, 0.717) is 28.2 Å². The van der Waals surface area contributed by atoms with Crippen molar-refractivity contribution in [2.75, 3.05) is 11.0 Å². The van der Waals surface area contributed by atoms with E-state index in [0.717, 1.165) is 12.8 Å². The zero-order valence-corrected chi connectivity index (χ0v) is 12.4. The van der Waals surface area contributed by atoms with Crippen molar-refractivity contribution in [3.05, 3.63) is 24.0 Å². The number of carbonyl (C=O) groups excluding carboxylic acids is 1. The van der Waals surface area contributed by atoms with Gasteiger partial charge in [0.15, 0.2) is 0 Å². The van der Waals surface area contributed by atoms with Crippen molar-refractivity contribution in [2.24, 2.45) is 11.7 Å². The van der Waals surface area contributed by atoms with E-state index in [1.54, 1.807) is 12.3 Å². The van der Waals surface area contributed by atoms with Crippen LogP contribution in [0.4, 0.5) is 5.69 Å². The normalized spacial score (nSPS) is 15.3. The lowest BCUT2D eigenvalue weighted by molar-refractivity contribution is 0.100. The number of rotatable bonds is 5. The van der Waals surface area contributed by atoms with E-state index in [9.17, 15) is 13.2 Å². The van der Waals surface area contributed by atoms with Crippen LogP contribution >= 0.6 is 0 Å². The van der Waals surface area contributed by atoms with Crippen LogP contribution in [0.3, 0.4) is 0 Å². The molecule has 21 heavy (non-hydrogen) atoms. The maximum Gasteiger partial charge on any atom is 0.250 e. The van der Waals surface area contributed by atoms with Gasteiger partial charge >= 0.3 is 0 Å². The van der Waals surface area contributed by atoms with Crippen LogP contribution in [0.2, 0.25) is 0 Å². The molecule has 2 aromatic heterocycles. The fraction of sp³-hybridized carbons (Fsp3) is 0.385. The zero-order valence-electron chi connectivity index (χ0n) is 11.5. The Morgan fingerprint density at radius 1 is 1.52 bits per heavy atom. The summed E-state index contributed by atoms with van der Waals surface area (Å²) < 4.78 is 26.8. The third kappa shape index (κ3) is 2.99. The number of sulfonamides is 1. The smallest absolute Gasteiger partial charge is 0.250 e. The molecule has 2 aromatic rings. The molecule has 0 saturated heterocycles. The lowest BCUT2D eigenvalue weighted by Crippen LogP contribution is -2.11. The van der Waals surface area contributed by atoms with Crippen molar-refractivity contribution in [3.8, 4) is 0 Å². The van der Waals surface area contributed by atoms with Crippen LogP contribution in [-0.2, 0) is 16.6 Å². The summed E-state index contributed by atoms with van der Waals surface area (Å²) in [6.45, 7) is 0.801. The van der Waals surface area contributed by atoms with Gasteiger partial charge in [0, 0.05) is 18.1 Å². The molecule has 0 bridgehead atoms. The van der Waals surface area contributed by atoms with Crippen molar-refractivity contribution in [1.29, 1.82) is 0 Å². The number of anilines is 1. The number of fused-ring (bicyclic) bond motifs is 1. The van der Waals surface area contributed by atoms with Gasteiger partial charge in [0.1, 0.15) is 5.65 Å². The van der Waals surface area contributed by atoms with Crippen LogP contribution in [0.1, 0.15) is 23.2 Å². The van der Waals surface area contributed by atoms with Gasteiger partial charge in [0.05, 0.1) is 23.7 Å². The molecule has 1 saturated carbocycles. The van der Waals surface area contributed by atoms with Crippen LogP contribution in [-0.4, -0.2) is 30.1 Å². The molecule has 7 nitrogen and oxygen atoms in total. The number of nitrogens with zero attached hydrogens (tertiary/aromatic N) is 2. The molecule has 1 fully saturated rings. The average Bonchev–Trinajstić information content (AvgIpc) is 3.09. The molecule has 0 spiro atoms. The standard InChI is InChI=1S/C13H16N4O3S/c1-21(19,20)16-9-4-10-11(12(14)18)7-17(6-8-2-3-8)13(10)15-5-9/h4-5,7-8,16H,2-3,6H2,1H3,(H2,14,18). The molecule has 0 radical (unpaired) electrons. The average molecular weight is 308 g/mol. The van der Waals surface area contributed by atoms with Crippen LogP contribution < -0.4 is 10.5 Å². The number of amides is 1. The lowest BCUT2D eigenvalue weighted by atomic mass is 10.2. The van der Waals surface area contributed by atoms with E-state index in [1.165, 1.54) is 19.0 Å². The summed E-state index contributed by atoms with van der Waals surface area (Å²) in [6.07, 6.45) is 6.56. The largest absolute Gasteiger partial charge is 0.366 e. The molecule has 8 heteroatoms. The first-order valence-electron chi connectivity index (χ1n) is 6.60. The van der Waals surface area contributed by atoms with Gasteiger partial charge in [-0.05, 0) is 24.8 Å². The van der Waals surface area contributed by atoms with Crippen molar-refractivity contribution in [2.45, 2.75) is 19.4 Å². The number of carbonyl (C=O) groups is 1. The molecular formula is C13H16N4O3S.